The average Bonchev–Trinajstić information content (AvgIpc) is 2.12. The van der Waals surface area contributed by atoms with Crippen LogP contribution in [0.4, 0.5) is 8.78 Å². The molecule has 1 rings (SSSR count). The van der Waals surface area contributed by atoms with Crippen molar-refractivity contribution < 1.29 is 13.5 Å². The maximum absolute atomic E-state index is 12.0. The van der Waals surface area contributed by atoms with E-state index < -0.39 is 6.61 Å². The predicted octanol–water partition coefficient (Wildman–Crippen LogP) is 3.27. The third kappa shape index (κ3) is 2.65. The van der Waals surface area contributed by atoms with Gasteiger partial charge >= 0.3 is 6.61 Å². The number of halogens is 4. The van der Waals surface area contributed by atoms with Crippen molar-refractivity contribution in [3.63, 3.8) is 0 Å². The minimum absolute atomic E-state index is 0.0722. The van der Waals surface area contributed by atoms with Gasteiger partial charge in [0.2, 0.25) is 0 Å². The highest BCUT2D eigenvalue weighted by molar-refractivity contribution is 9.11. The number of alkyl halides is 2. The van der Waals surface area contributed by atoms with E-state index >= 15 is 0 Å². The van der Waals surface area contributed by atoms with Gasteiger partial charge in [-0.05, 0) is 43.5 Å². The number of ether oxygens (including phenoxy) is 1. The first-order chi connectivity index (χ1) is 6.56. The zero-order chi connectivity index (χ0) is 10.7. The summed E-state index contributed by atoms with van der Waals surface area (Å²) in [5, 5.41) is 0. The Labute approximate surface area is 96.7 Å². The zero-order valence-electron chi connectivity index (χ0n) is 6.94. The van der Waals surface area contributed by atoms with E-state index in [9.17, 15) is 8.78 Å². The highest BCUT2D eigenvalue weighted by Crippen LogP contribution is 2.36. The van der Waals surface area contributed by atoms with E-state index in [1.165, 1.54) is 0 Å². The van der Waals surface area contributed by atoms with E-state index in [0.717, 1.165) is 0 Å². The van der Waals surface area contributed by atoms with Gasteiger partial charge in [-0.2, -0.15) is 8.78 Å². The summed E-state index contributed by atoms with van der Waals surface area (Å²) in [5.74, 6) is 0.0722. The fourth-order valence-corrected chi connectivity index (χ4v) is 2.22. The van der Waals surface area contributed by atoms with E-state index in [4.69, 9.17) is 5.73 Å². The Morgan fingerprint density at radius 1 is 1.36 bits per heavy atom. The molecule has 0 radical (unpaired) electrons. The van der Waals surface area contributed by atoms with Crippen LogP contribution in [0.5, 0.6) is 5.75 Å². The van der Waals surface area contributed by atoms with Gasteiger partial charge < -0.3 is 10.5 Å². The molecule has 1 aromatic carbocycles. The lowest BCUT2D eigenvalue weighted by Gasteiger charge is -2.11. The van der Waals surface area contributed by atoms with Crippen molar-refractivity contribution in [2.45, 2.75) is 13.2 Å². The molecule has 2 nitrogen and oxygen atoms in total. The van der Waals surface area contributed by atoms with Crippen LogP contribution in [0.3, 0.4) is 0 Å². The second-order valence-corrected chi connectivity index (χ2v) is 4.08. The Bertz CT molecular complexity index is 333. The van der Waals surface area contributed by atoms with Crippen molar-refractivity contribution in [3.05, 3.63) is 26.6 Å². The molecule has 0 aliphatic rings. The first-order valence-electron chi connectivity index (χ1n) is 3.68. The normalized spacial score (nSPS) is 10.7. The first-order valence-corrected chi connectivity index (χ1v) is 5.26. The topological polar surface area (TPSA) is 35.2 Å². The summed E-state index contributed by atoms with van der Waals surface area (Å²) in [5.41, 5.74) is 6.12. The molecule has 0 amide bonds. The molecule has 0 aromatic heterocycles. The third-order valence-corrected chi connectivity index (χ3v) is 3.05. The molecule has 2 N–H and O–H groups in total. The highest BCUT2D eigenvalue weighted by Gasteiger charge is 2.14. The van der Waals surface area contributed by atoms with Gasteiger partial charge in [-0.15, -0.1) is 0 Å². The van der Waals surface area contributed by atoms with Gasteiger partial charge in [-0.25, -0.2) is 0 Å². The number of hydrogen-bond donors (Lipinski definition) is 1. The lowest BCUT2D eigenvalue weighted by molar-refractivity contribution is -0.0509. The molecule has 78 valence electrons. The fraction of sp³-hybridized carbons (Fsp3) is 0.250. The van der Waals surface area contributed by atoms with Crippen LogP contribution in [0.1, 0.15) is 5.56 Å². The van der Waals surface area contributed by atoms with E-state index in [2.05, 4.69) is 36.6 Å². The van der Waals surface area contributed by atoms with Gasteiger partial charge in [0.15, 0.2) is 5.75 Å². The van der Waals surface area contributed by atoms with Crippen LogP contribution in [0.2, 0.25) is 0 Å². The minimum atomic E-state index is -2.85. The molecular weight excluding hydrogens is 324 g/mol. The molecule has 0 saturated carbocycles. The van der Waals surface area contributed by atoms with Gasteiger partial charge in [-0.3, -0.25) is 0 Å². The van der Waals surface area contributed by atoms with Gasteiger partial charge in [0, 0.05) is 6.54 Å². The van der Waals surface area contributed by atoms with Crippen LogP contribution >= 0.6 is 31.9 Å². The molecule has 14 heavy (non-hydrogen) atoms. The van der Waals surface area contributed by atoms with Crippen molar-refractivity contribution in [1.29, 1.82) is 0 Å². The molecule has 1 aromatic rings. The summed E-state index contributed by atoms with van der Waals surface area (Å²) < 4.78 is 29.3. The smallest absolute Gasteiger partial charge is 0.387 e. The van der Waals surface area contributed by atoms with Crippen molar-refractivity contribution in [3.8, 4) is 5.75 Å². The maximum atomic E-state index is 12.0. The summed E-state index contributed by atoms with van der Waals surface area (Å²) in [6.45, 7) is -2.59. The quantitative estimate of drug-likeness (QED) is 0.923. The molecule has 0 unspecified atom stereocenters. The summed E-state index contributed by atoms with van der Waals surface area (Å²) in [4.78, 5) is 0. The molecule has 0 atom stereocenters. The Morgan fingerprint density at radius 3 is 2.50 bits per heavy atom. The van der Waals surface area contributed by atoms with Crippen molar-refractivity contribution in [1.82, 2.24) is 0 Å². The van der Waals surface area contributed by atoms with Gasteiger partial charge in [0.1, 0.15) is 0 Å². The van der Waals surface area contributed by atoms with Gasteiger partial charge in [-0.1, -0.05) is 6.07 Å². The summed E-state index contributed by atoms with van der Waals surface area (Å²) >= 11 is 6.26. The molecule has 0 spiro atoms. The highest BCUT2D eigenvalue weighted by atomic mass is 79.9. The molecule has 6 heteroatoms. The van der Waals surface area contributed by atoms with Gasteiger partial charge in [0.25, 0.3) is 0 Å². The standard InChI is InChI=1S/C8H7Br2F2NO/c9-5-2-1-4(3-13)6(10)7(5)14-8(11)12/h1-2,8H,3,13H2. The van der Waals surface area contributed by atoms with Gasteiger partial charge in [0.05, 0.1) is 8.95 Å². The number of rotatable bonds is 3. The van der Waals surface area contributed by atoms with E-state index in [0.29, 0.717) is 14.5 Å². The van der Waals surface area contributed by atoms with E-state index in [1.807, 2.05) is 0 Å². The van der Waals surface area contributed by atoms with Crippen molar-refractivity contribution >= 4 is 31.9 Å². The number of hydrogen-bond acceptors (Lipinski definition) is 2. The predicted molar refractivity (Wildman–Crippen MR) is 56.4 cm³/mol. The molecule has 0 aliphatic heterocycles. The Balaban J connectivity index is 3.11. The SMILES string of the molecule is NCc1ccc(Br)c(OC(F)F)c1Br. The van der Waals surface area contributed by atoms with Crippen LogP contribution in [-0.4, -0.2) is 6.61 Å². The second-order valence-electron chi connectivity index (χ2n) is 2.43. The van der Waals surface area contributed by atoms with Crippen LogP contribution in [-0.2, 0) is 6.54 Å². The lowest BCUT2D eigenvalue weighted by Crippen LogP contribution is -2.05. The van der Waals surface area contributed by atoms with Crippen LogP contribution in [0.25, 0.3) is 0 Å². The monoisotopic (exact) mass is 329 g/mol. The number of nitrogens with two attached hydrogens (primary N) is 1. The van der Waals surface area contributed by atoms with Crippen LogP contribution in [0, 0.1) is 0 Å². The molecular formula is C8H7Br2F2NO. The van der Waals surface area contributed by atoms with Crippen molar-refractivity contribution in [2.24, 2.45) is 5.73 Å². The lowest BCUT2D eigenvalue weighted by atomic mass is 10.2. The fourth-order valence-electron chi connectivity index (χ4n) is 0.928. The average molecular weight is 331 g/mol. The Hall–Kier alpha value is -0.200. The first kappa shape index (κ1) is 11.9. The Kier molecular flexibility index (Phi) is 4.28. The second kappa shape index (κ2) is 5.04. The molecule has 0 bridgehead atoms. The zero-order valence-corrected chi connectivity index (χ0v) is 10.1. The molecule has 0 heterocycles. The van der Waals surface area contributed by atoms with Crippen LogP contribution in [0.15, 0.2) is 21.1 Å². The van der Waals surface area contributed by atoms with E-state index in [-0.39, 0.29) is 12.3 Å². The minimum Gasteiger partial charge on any atom is -0.432 e. The summed E-state index contributed by atoms with van der Waals surface area (Å²) in [6.07, 6.45) is 0. The maximum Gasteiger partial charge on any atom is 0.387 e. The Morgan fingerprint density at radius 2 is 2.00 bits per heavy atom. The molecule has 0 fully saturated rings. The summed E-state index contributed by atoms with van der Waals surface area (Å²) in [7, 11) is 0. The number of benzene rings is 1. The third-order valence-electron chi connectivity index (χ3n) is 1.56. The largest absolute Gasteiger partial charge is 0.432 e. The van der Waals surface area contributed by atoms with Crippen LogP contribution < -0.4 is 10.5 Å². The van der Waals surface area contributed by atoms with E-state index in [1.54, 1.807) is 12.1 Å². The van der Waals surface area contributed by atoms with Crippen molar-refractivity contribution in [2.75, 3.05) is 0 Å². The summed E-state index contributed by atoms with van der Waals surface area (Å²) in [6, 6.07) is 3.34. The molecule has 0 saturated heterocycles. The molecule has 0 aliphatic carbocycles.